The first-order valence-corrected chi connectivity index (χ1v) is 11.3. The number of piperidine rings is 2. The van der Waals surface area contributed by atoms with Crippen LogP contribution in [0.3, 0.4) is 0 Å². The Morgan fingerprint density at radius 2 is 1.64 bits per heavy atom. The zero-order chi connectivity index (χ0) is 20.1. The molecule has 6 nitrogen and oxygen atoms in total. The van der Waals surface area contributed by atoms with Gasteiger partial charge in [-0.25, -0.2) is 0 Å². The van der Waals surface area contributed by atoms with Crippen LogP contribution in [0.4, 0.5) is 0 Å². The standard InChI is InChI=1S/C21H31N3O3S/c1-15(2)20(26)24-12-8-16(9-13-24)18(21(27)23-10-4-3-5-11-23)22-19(25)17-7-6-14-28-17/h6-7,14-16,18H,3-5,8-13H2,1-2H3,(H,22,25)/t18-/m0/s1. The minimum atomic E-state index is -0.510. The van der Waals surface area contributed by atoms with E-state index >= 15 is 0 Å². The van der Waals surface area contributed by atoms with Gasteiger partial charge < -0.3 is 15.1 Å². The lowest BCUT2D eigenvalue weighted by atomic mass is 9.87. The van der Waals surface area contributed by atoms with Gasteiger partial charge in [0.2, 0.25) is 11.8 Å². The summed E-state index contributed by atoms with van der Waals surface area (Å²) in [4.78, 5) is 42.6. The molecule has 1 aromatic heterocycles. The third kappa shape index (κ3) is 4.93. The van der Waals surface area contributed by atoms with Crippen LogP contribution in [0.1, 0.15) is 55.6 Å². The zero-order valence-electron chi connectivity index (χ0n) is 16.9. The van der Waals surface area contributed by atoms with Gasteiger partial charge in [-0.3, -0.25) is 14.4 Å². The molecule has 0 radical (unpaired) electrons. The molecule has 1 N–H and O–H groups in total. The second kappa shape index (κ2) is 9.54. The van der Waals surface area contributed by atoms with Gasteiger partial charge in [-0.15, -0.1) is 11.3 Å². The lowest BCUT2D eigenvalue weighted by Crippen LogP contribution is -2.55. The average Bonchev–Trinajstić information content (AvgIpc) is 3.26. The molecular formula is C21H31N3O3S. The van der Waals surface area contributed by atoms with E-state index in [1.807, 2.05) is 35.1 Å². The van der Waals surface area contributed by atoms with Gasteiger partial charge in [0.25, 0.3) is 5.91 Å². The molecule has 2 fully saturated rings. The Bertz CT molecular complexity index is 675. The maximum Gasteiger partial charge on any atom is 0.262 e. The van der Waals surface area contributed by atoms with Crippen LogP contribution in [0.5, 0.6) is 0 Å². The molecule has 0 saturated carbocycles. The summed E-state index contributed by atoms with van der Waals surface area (Å²) < 4.78 is 0. The molecule has 3 rings (SSSR count). The fourth-order valence-electron chi connectivity index (χ4n) is 4.13. The van der Waals surface area contributed by atoms with Crippen molar-refractivity contribution in [1.82, 2.24) is 15.1 Å². The second-order valence-electron chi connectivity index (χ2n) is 8.13. The predicted molar refractivity (Wildman–Crippen MR) is 110 cm³/mol. The Hall–Kier alpha value is -1.89. The van der Waals surface area contributed by atoms with Crippen LogP contribution in [-0.2, 0) is 9.59 Å². The van der Waals surface area contributed by atoms with E-state index in [1.165, 1.54) is 11.3 Å². The summed E-state index contributed by atoms with van der Waals surface area (Å²) >= 11 is 1.38. The van der Waals surface area contributed by atoms with E-state index in [1.54, 1.807) is 6.07 Å². The molecular weight excluding hydrogens is 374 g/mol. The topological polar surface area (TPSA) is 69.7 Å². The highest BCUT2D eigenvalue weighted by Gasteiger charge is 2.36. The highest BCUT2D eigenvalue weighted by Crippen LogP contribution is 2.25. The number of hydrogen-bond donors (Lipinski definition) is 1. The molecule has 7 heteroatoms. The highest BCUT2D eigenvalue weighted by molar-refractivity contribution is 7.12. The largest absolute Gasteiger partial charge is 0.342 e. The van der Waals surface area contributed by atoms with Gasteiger partial charge in [-0.2, -0.15) is 0 Å². The Labute approximate surface area is 171 Å². The minimum Gasteiger partial charge on any atom is -0.342 e. The van der Waals surface area contributed by atoms with Crippen molar-refractivity contribution < 1.29 is 14.4 Å². The molecule has 154 valence electrons. The molecule has 3 amide bonds. The van der Waals surface area contributed by atoms with E-state index in [2.05, 4.69) is 5.32 Å². The number of likely N-dealkylation sites (tertiary alicyclic amines) is 2. The Morgan fingerprint density at radius 3 is 2.21 bits per heavy atom. The van der Waals surface area contributed by atoms with Crippen molar-refractivity contribution in [2.75, 3.05) is 26.2 Å². The van der Waals surface area contributed by atoms with E-state index in [-0.39, 0.29) is 29.6 Å². The van der Waals surface area contributed by atoms with Gasteiger partial charge in [0.15, 0.2) is 0 Å². The van der Waals surface area contributed by atoms with Gasteiger partial charge in [-0.05, 0) is 49.5 Å². The maximum absolute atomic E-state index is 13.3. The van der Waals surface area contributed by atoms with Crippen LogP contribution < -0.4 is 5.32 Å². The summed E-state index contributed by atoms with van der Waals surface area (Å²) in [5, 5.41) is 4.90. The molecule has 1 aromatic rings. The minimum absolute atomic E-state index is 0.0131. The summed E-state index contributed by atoms with van der Waals surface area (Å²) in [6.07, 6.45) is 4.70. The summed E-state index contributed by atoms with van der Waals surface area (Å²) in [5.41, 5.74) is 0. The molecule has 28 heavy (non-hydrogen) atoms. The fraction of sp³-hybridized carbons (Fsp3) is 0.667. The lowest BCUT2D eigenvalue weighted by Gasteiger charge is -2.39. The maximum atomic E-state index is 13.3. The highest BCUT2D eigenvalue weighted by atomic mass is 32.1. The first kappa shape index (κ1) is 20.8. The molecule has 0 unspecified atom stereocenters. The summed E-state index contributed by atoms with van der Waals surface area (Å²) in [7, 11) is 0. The van der Waals surface area contributed by atoms with Gasteiger partial charge in [0.1, 0.15) is 6.04 Å². The summed E-state index contributed by atoms with van der Waals surface area (Å²) in [5.74, 6) is 0.0830. The van der Waals surface area contributed by atoms with Crippen molar-refractivity contribution in [2.24, 2.45) is 11.8 Å². The smallest absolute Gasteiger partial charge is 0.262 e. The van der Waals surface area contributed by atoms with Crippen molar-refractivity contribution >= 4 is 29.1 Å². The number of amides is 3. The van der Waals surface area contributed by atoms with Gasteiger partial charge in [0, 0.05) is 32.1 Å². The van der Waals surface area contributed by atoms with E-state index < -0.39 is 6.04 Å². The number of carbonyl (C=O) groups excluding carboxylic acids is 3. The first-order valence-electron chi connectivity index (χ1n) is 10.4. The Morgan fingerprint density at radius 1 is 1.00 bits per heavy atom. The zero-order valence-corrected chi connectivity index (χ0v) is 17.7. The number of carbonyl (C=O) groups is 3. The molecule has 2 aliphatic heterocycles. The Kier molecular flexibility index (Phi) is 7.10. The molecule has 2 aliphatic rings. The van der Waals surface area contributed by atoms with Crippen LogP contribution in [0.25, 0.3) is 0 Å². The van der Waals surface area contributed by atoms with E-state index in [0.717, 1.165) is 45.2 Å². The first-order chi connectivity index (χ1) is 13.5. The third-order valence-corrected chi connectivity index (χ3v) is 6.65. The number of rotatable bonds is 5. The SMILES string of the molecule is CC(C)C(=O)N1CCC([C@H](NC(=O)c2cccs2)C(=O)N2CCCCC2)CC1. The number of thiophene rings is 1. The van der Waals surface area contributed by atoms with Crippen molar-refractivity contribution in [1.29, 1.82) is 0 Å². The second-order valence-corrected chi connectivity index (χ2v) is 9.08. The number of nitrogens with zero attached hydrogens (tertiary/aromatic N) is 2. The van der Waals surface area contributed by atoms with Crippen LogP contribution in [-0.4, -0.2) is 59.7 Å². The monoisotopic (exact) mass is 405 g/mol. The van der Waals surface area contributed by atoms with Crippen molar-refractivity contribution in [3.8, 4) is 0 Å². The molecule has 2 saturated heterocycles. The van der Waals surface area contributed by atoms with Gasteiger partial charge in [0.05, 0.1) is 4.88 Å². The normalized spacial score (nSPS) is 19.5. The van der Waals surface area contributed by atoms with Crippen LogP contribution in [0.2, 0.25) is 0 Å². The van der Waals surface area contributed by atoms with E-state index in [0.29, 0.717) is 18.0 Å². The van der Waals surface area contributed by atoms with Crippen molar-refractivity contribution in [2.45, 2.75) is 52.0 Å². The van der Waals surface area contributed by atoms with Gasteiger partial charge >= 0.3 is 0 Å². The van der Waals surface area contributed by atoms with E-state index in [9.17, 15) is 14.4 Å². The molecule has 0 aromatic carbocycles. The molecule has 1 atom stereocenters. The van der Waals surface area contributed by atoms with Crippen LogP contribution in [0.15, 0.2) is 17.5 Å². The van der Waals surface area contributed by atoms with Crippen molar-refractivity contribution in [3.05, 3.63) is 22.4 Å². The molecule has 3 heterocycles. The van der Waals surface area contributed by atoms with Crippen LogP contribution in [0, 0.1) is 11.8 Å². The lowest BCUT2D eigenvalue weighted by molar-refractivity contribution is -0.138. The number of nitrogens with one attached hydrogen (secondary N) is 1. The predicted octanol–water partition coefficient (Wildman–Crippen LogP) is 2.75. The fourth-order valence-corrected chi connectivity index (χ4v) is 4.76. The average molecular weight is 406 g/mol. The van der Waals surface area contributed by atoms with Crippen molar-refractivity contribution in [3.63, 3.8) is 0 Å². The van der Waals surface area contributed by atoms with Gasteiger partial charge in [-0.1, -0.05) is 19.9 Å². The molecule has 0 aliphatic carbocycles. The summed E-state index contributed by atoms with van der Waals surface area (Å²) in [6.45, 7) is 6.68. The Balaban J connectivity index is 1.70. The molecule has 0 bridgehead atoms. The molecule has 0 spiro atoms. The summed E-state index contributed by atoms with van der Waals surface area (Å²) in [6, 6.07) is 3.12. The number of hydrogen-bond acceptors (Lipinski definition) is 4. The third-order valence-electron chi connectivity index (χ3n) is 5.78. The quantitative estimate of drug-likeness (QED) is 0.819. The van der Waals surface area contributed by atoms with Crippen LogP contribution >= 0.6 is 11.3 Å². The van der Waals surface area contributed by atoms with E-state index in [4.69, 9.17) is 0 Å².